The Morgan fingerprint density at radius 2 is 2.29 bits per heavy atom. The summed E-state index contributed by atoms with van der Waals surface area (Å²) in [5, 5.41) is 5.51. The quantitative estimate of drug-likeness (QED) is 0.812. The highest BCUT2D eigenvalue weighted by Gasteiger charge is 2.08. The predicted molar refractivity (Wildman–Crippen MR) is 72.5 cm³/mol. The van der Waals surface area contributed by atoms with Gasteiger partial charge in [0.05, 0.1) is 6.26 Å². The molecule has 0 saturated heterocycles. The van der Waals surface area contributed by atoms with Crippen LogP contribution in [0.25, 0.3) is 0 Å². The van der Waals surface area contributed by atoms with Crippen LogP contribution < -0.4 is 5.32 Å². The van der Waals surface area contributed by atoms with Gasteiger partial charge in [-0.05, 0) is 49.9 Å². The summed E-state index contributed by atoms with van der Waals surface area (Å²) in [6, 6.07) is 8.85. The van der Waals surface area contributed by atoms with E-state index in [4.69, 9.17) is 4.42 Å². The Hall–Kier alpha value is -1.06. The third kappa shape index (κ3) is 4.02. The zero-order valence-electron chi connectivity index (χ0n) is 10.2. The summed E-state index contributed by atoms with van der Waals surface area (Å²) in [6.45, 7) is 0. The van der Waals surface area contributed by atoms with Crippen LogP contribution in [-0.4, -0.2) is 13.1 Å². The van der Waals surface area contributed by atoms with Gasteiger partial charge in [0.25, 0.3) is 0 Å². The third-order valence-electron chi connectivity index (χ3n) is 2.99. The average molecular weight is 249 g/mol. The summed E-state index contributed by atoms with van der Waals surface area (Å²) < 4.78 is 5.38. The monoisotopic (exact) mass is 249 g/mol. The molecule has 2 heterocycles. The number of thiophene rings is 1. The van der Waals surface area contributed by atoms with E-state index in [0.717, 1.165) is 12.2 Å². The number of hydrogen-bond donors (Lipinski definition) is 1. The van der Waals surface area contributed by atoms with Gasteiger partial charge in [-0.2, -0.15) is 0 Å². The van der Waals surface area contributed by atoms with Crippen molar-refractivity contribution >= 4 is 11.3 Å². The Kier molecular flexibility index (Phi) is 4.83. The second kappa shape index (κ2) is 6.62. The second-order valence-corrected chi connectivity index (χ2v) is 5.27. The normalized spacial score (nSPS) is 12.8. The minimum absolute atomic E-state index is 0.515. The van der Waals surface area contributed by atoms with Crippen LogP contribution in [0.15, 0.2) is 40.3 Å². The topological polar surface area (TPSA) is 25.2 Å². The summed E-state index contributed by atoms with van der Waals surface area (Å²) in [5.74, 6) is 1.07. The van der Waals surface area contributed by atoms with Gasteiger partial charge in [0.1, 0.15) is 5.76 Å². The average Bonchev–Trinajstić information content (AvgIpc) is 3.00. The molecule has 1 N–H and O–H groups in total. The van der Waals surface area contributed by atoms with E-state index in [1.807, 2.05) is 30.5 Å². The van der Waals surface area contributed by atoms with Gasteiger partial charge in [-0.3, -0.25) is 0 Å². The molecule has 0 fully saturated rings. The van der Waals surface area contributed by atoms with Crippen molar-refractivity contribution in [3.05, 3.63) is 46.5 Å². The fraction of sp³-hybridized carbons (Fsp3) is 0.429. The molecule has 0 aromatic carbocycles. The van der Waals surface area contributed by atoms with Crippen molar-refractivity contribution in [2.45, 2.75) is 31.7 Å². The van der Waals surface area contributed by atoms with Gasteiger partial charge in [-0.15, -0.1) is 11.3 Å². The standard InChI is InChI=1S/C14H19NOS/c1-15-12(11-13-6-3-9-16-13)5-2-7-14-8-4-10-17-14/h3-4,6,8-10,12,15H,2,5,7,11H2,1H3. The van der Waals surface area contributed by atoms with Gasteiger partial charge in [0.15, 0.2) is 0 Å². The number of rotatable bonds is 7. The lowest BCUT2D eigenvalue weighted by molar-refractivity contribution is 0.436. The van der Waals surface area contributed by atoms with E-state index in [1.54, 1.807) is 6.26 Å². The maximum Gasteiger partial charge on any atom is 0.105 e. The number of furan rings is 1. The summed E-state index contributed by atoms with van der Waals surface area (Å²) in [4.78, 5) is 1.48. The molecule has 3 heteroatoms. The molecule has 2 aromatic heterocycles. The second-order valence-electron chi connectivity index (χ2n) is 4.24. The highest BCUT2D eigenvalue weighted by molar-refractivity contribution is 7.09. The van der Waals surface area contributed by atoms with Crippen LogP contribution in [0.2, 0.25) is 0 Å². The molecule has 2 aromatic rings. The molecule has 92 valence electrons. The lowest BCUT2D eigenvalue weighted by Crippen LogP contribution is -2.27. The van der Waals surface area contributed by atoms with Crippen molar-refractivity contribution in [3.63, 3.8) is 0 Å². The molecule has 0 spiro atoms. The van der Waals surface area contributed by atoms with Gasteiger partial charge in [-0.1, -0.05) is 6.07 Å². The molecule has 0 aliphatic carbocycles. The SMILES string of the molecule is CNC(CCCc1cccs1)Cc1ccco1. The summed E-state index contributed by atoms with van der Waals surface area (Å²) >= 11 is 1.85. The van der Waals surface area contributed by atoms with Gasteiger partial charge in [-0.25, -0.2) is 0 Å². The number of aryl methyl sites for hydroxylation is 1. The largest absolute Gasteiger partial charge is 0.469 e. The highest BCUT2D eigenvalue weighted by atomic mass is 32.1. The van der Waals surface area contributed by atoms with Crippen molar-refractivity contribution in [1.82, 2.24) is 5.32 Å². The van der Waals surface area contributed by atoms with E-state index >= 15 is 0 Å². The third-order valence-corrected chi connectivity index (χ3v) is 3.93. The van der Waals surface area contributed by atoms with E-state index in [1.165, 1.54) is 24.1 Å². The van der Waals surface area contributed by atoms with Crippen LogP contribution in [0, 0.1) is 0 Å². The molecular formula is C14H19NOS. The Labute approximate surface area is 107 Å². The zero-order chi connectivity index (χ0) is 11.9. The first kappa shape index (κ1) is 12.4. The first-order valence-electron chi connectivity index (χ1n) is 6.10. The van der Waals surface area contributed by atoms with E-state index < -0.39 is 0 Å². The van der Waals surface area contributed by atoms with Crippen LogP contribution in [0.1, 0.15) is 23.5 Å². The predicted octanol–water partition coefficient (Wildman–Crippen LogP) is 3.49. The fourth-order valence-electron chi connectivity index (χ4n) is 2.00. The molecule has 0 saturated carbocycles. The van der Waals surface area contributed by atoms with Gasteiger partial charge < -0.3 is 9.73 Å². The van der Waals surface area contributed by atoms with Crippen LogP contribution in [-0.2, 0) is 12.8 Å². The van der Waals surface area contributed by atoms with Crippen LogP contribution >= 0.6 is 11.3 Å². The Morgan fingerprint density at radius 1 is 1.35 bits per heavy atom. The number of hydrogen-bond acceptors (Lipinski definition) is 3. The summed E-state index contributed by atoms with van der Waals surface area (Å²) in [6.07, 6.45) is 6.33. The number of nitrogens with one attached hydrogen (secondary N) is 1. The van der Waals surface area contributed by atoms with E-state index in [-0.39, 0.29) is 0 Å². The highest BCUT2D eigenvalue weighted by Crippen LogP contribution is 2.14. The maximum absolute atomic E-state index is 5.38. The van der Waals surface area contributed by atoms with Crippen LogP contribution in [0.5, 0.6) is 0 Å². The smallest absolute Gasteiger partial charge is 0.105 e. The molecule has 0 radical (unpaired) electrons. The van der Waals surface area contributed by atoms with Crippen molar-refractivity contribution < 1.29 is 4.42 Å². The van der Waals surface area contributed by atoms with E-state index in [9.17, 15) is 0 Å². The molecule has 1 unspecified atom stereocenters. The molecule has 0 bridgehead atoms. The minimum atomic E-state index is 0.515. The van der Waals surface area contributed by atoms with Crippen LogP contribution in [0.4, 0.5) is 0 Å². The lowest BCUT2D eigenvalue weighted by Gasteiger charge is -2.14. The Morgan fingerprint density at radius 3 is 2.94 bits per heavy atom. The molecule has 0 amide bonds. The van der Waals surface area contributed by atoms with Crippen molar-refractivity contribution in [2.24, 2.45) is 0 Å². The van der Waals surface area contributed by atoms with Crippen LogP contribution in [0.3, 0.4) is 0 Å². The van der Waals surface area contributed by atoms with Gasteiger partial charge in [0.2, 0.25) is 0 Å². The van der Waals surface area contributed by atoms with Gasteiger partial charge in [0, 0.05) is 17.3 Å². The lowest BCUT2D eigenvalue weighted by atomic mass is 10.0. The first-order chi connectivity index (χ1) is 8.38. The van der Waals surface area contributed by atoms with Crippen molar-refractivity contribution in [3.8, 4) is 0 Å². The maximum atomic E-state index is 5.38. The molecule has 2 rings (SSSR count). The molecule has 0 aliphatic rings. The fourth-order valence-corrected chi connectivity index (χ4v) is 2.75. The molecule has 2 nitrogen and oxygen atoms in total. The zero-order valence-corrected chi connectivity index (χ0v) is 11.0. The molecule has 17 heavy (non-hydrogen) atoms. The van der Waals surface area contributed by atoms with E-state index in [0.29, 0.717) is 6.04 Å². The van der Waals surface area contributed by atoms with Crippen molar-refractivity contribution in [1.29, 1.82) is 0 Å². The van der Waals surface area contributed by atoms with Crippen molar-refractivity contribution in [2.75, 3.05) is 7.05 Å². The van der Waals surface area contributed by atoms with E-state index in [2.05, 4.69) is 22.8 Å². The first-order valence-corrected chi connectivity index (χ1v) is 6.98. The molecular weight excluding hydrogens is 230 g/mol. The molecule has 0 aliphatic heterocycles. The number of likely N-dealkylation sites (N-methyl/N-ethyl adjacent to an activating group) is 1. The summed E-state index contributed by atoms with van der Waals surface area (Å²) in [7, 11) is 2.03. The Bertz CT molecular complexity index is 394. The minimum Gasteiger partial charge on any atom is -0.469 e. The van der Waals surface area contributed by atoms with Gasteiger partial charge >= 0.3 is 0 Å². The molecule has 1 atom stereocenters. The Balaban J connectivity index is 1.72. The summed E-state index contributed by atoms with van der Waals surface area (Å²) in [5.41, 5.74) is 0.